The van der Waals surface area contributed by atoms with Gasteiger partial charge in [-0.15, -0.1) is 0 Å². The average Bonchev–Trinajstić information content (AvgIpc) is 2.67. The summed E-state index contributed by atoms with van der Waals surface area (Å²) in [6, 6.07) is 13.7. The molecule has 0 amide bonds. The van der Waals surface area contributed by atoms with Crippen molar-refractivity contribution < 1.29 is 4.74 Å². The molecule has 0 aliphatic carbocycles. The molecule has 0 aliphatic heterocycles. The molecule has 2 aromatic carbocycles. The number of anilines is 2. The van der Waals surface area contributed by atoms with Crippen LogP contribution in [0.15, 0.2) is 54.7 Å². The Bertz CT molecular complexity index is 1040. The lowest BCUT2D eigenvalue weighted by molar-refractivity contribution is 0.417. The maximum absolute atomic E-state index is 8.91. The number of nitrogens with two attached hydrogens (primary N) is 1. The molecule has 5 nitrogen and oxygen atoms in total. The number of hydrogen-bond donors (Lipinski definition) is 2. The van der Waals surface area contributed by atoms with Gasteiger partial charge < -0.3 is 15.8 Å². The van der Waals surface area contributed by atoms with Crippen molar-refractivity contribution in [3.63, 3.8) is 0 Å². The third kappa shape index (κ3) is 3.41. The van der Waals surface area contributed by atoms with Gasteiger partial charge in [0.05, 0.1) is 23.9 Å². The van der Waals surface area contributed by atoms with E-state index in [2.05, 4.69) is 16.9 Å². The first-order valence-electron chi connectivity index (χ1n) is 7.87. The van der Waals surface area contributed by atoms with Crippen molar-refractivity contribution in [2.75, 3.05) is 24.7 Å². The summed E-state index contributed by atoms with van der Waals surface area (Å²) in [7, 11) is 1.61. The van der Waals surface area contributed by atoms with Gasteiger partial charge in [-0.1, -0.05) is 36.4 Å². The Kier molecular flexibility index (Phi) is 4.97. The minimum Gasteiger partial charge on any atom is -0.495 e. The first-order valence-corrected chi connectivity index (χ1v) is 8.25. The Morgan fingerprint density at radius 2 is 2.12 bits per heavy atom. The fourth-order valence-electron chi connectivity index (χ4n) is 2.68. The predicted molar refractivity (Wildman–Crippen MR) is 106 cm³/mol. The Morgan fingerprint density at radius 1 is 1.31 bits per heavy atom. The zero-order valence-electron chi connectivity index (χ0n) is 14.2. The average molecular weight is 365 g/mol. The quantitative estimate of drug-likeness (QED) is 0.644. The second-order valence-electron chi connectivity index (χ2n) is 5.74. The van der Waals surface area contributed by atoms with Gasteiger partial charge in [-0.2, -0.15) is 5.26 Å². The van der Waals surface area contributed by atoms with Gasteiger partial charge in [-0.25, -0.2) is 4.98 Å². The van der Waals surface area contributed by atoms with Crippen LogP contribution in [0.5, 0.6) is 5.75 Å². The molecular formula is C20H17ClN4O. The molecule has 6 heteroatoms. The van der Waals surface area contributed by atoms with Crippen LogP contribution in [-0.2, 0) is 0 Å². The lowest BCUT2D eigenvalue weighted by atomic mass is 10.0. The first kappa shape index (κ1) is 17.6. The highest BCUT2D eigenvalue weighted by atomic mass is 35.5. The normalized spacial score (nSPS) is 10.3. The highest BCUT2D eigenvalue weighted by Gasteiger charge is 2.10. The largest absolute Gasteiger partial charge is 0.495 e. The van der Waals surface area contributed by atoms with Crippen molar-refractivity contribution >= 4 is 33.9 Å². The minimum absolute atomic E-state index is 0.310. The minimum atomic E-state index is 0.310. The maximum Gasteiger partial charge on any atom is 0.142 e. The molecule has 0 spiro atoms. The van der Waals surface area contributed by atoms with E-state index in [0.717, 1.165) is 27.6 Å². The zero-order chi connectivity index (χ0) is 18.7. The number of rotatable bonds is 5. The van der Waals surface area contributed by atoms with E-state index in [1.54, 1.807) is 19.4 Å². The third-order valence-electron chi connectivity index (χ3n) is 4.04. The smallest absolute Gasteiger partial charge is 0.142 e. The molecule has 0 atom stereocenters. The Balaban J connectivity index is 2.06. The van der Waals surface area contributed by atoms with Crippen molar-refractivity contribution in [1.29, 1.82) is 5.26 Å². The summed E-state index contributed by atoms with van der Waals surface area (Å²) >= 11 is 6.08. The van der Waals surface area contributed by atoms with Crippen molar-refractivity contribution in [3.8, 4) is 22.9 Å². The summed E-state index contributed by atoms with van der Waals surface area (Å²) in [4.78, 5) is 4.11. The number of aromatic nitrogens is 1. The number of fused-ring (bicyclic) bond motifs is 1. The van der Waals surface area contributed by atoms with Crippen molar-refractivity contribution in [3.05, 3.63) is 59.8 Å². The maximum atomic E-state index is 8.91. The molecule has 0 unspecified atom stereocenters. The number of nitrogen functional groups attached to an aromatic ring is 1. The van der Waals surface area contributed by atoms with E-state index in [1.165, 1.54) is 0 Å². The van der Waals surface area contributed by atoms with Crippen LogP contribution in [0.4, 0.5) is 11.5 Å². The highest BCUT2D eigenvalue weighted by molar-refractivity contribution is 6.33. The standard InChI is InChI=1S/C20H17ClN4O/c1-12(9-22)10-24-19-16-5-3-13(7-14(16)4-6-18(19)26-2)15-8-17(21)20(23)25-11-15/h3-8,11,24H,1,10H2,2H3,(H2,23,25). The number of hydrogen-bond acceptors (Lipinski definition) is 5. The first-order chi connectivity index (χ1) is 12.5. The summed E-state index contributed by atoms with van der Waals surface area (Å²) in [5.41, 5.74) is 8.81. The molecule has 130 valence electrons. The molecule has 3 rings (SSSR count). The van der Waals surface area contributed by atoms with Crippen LogP contribution >= 0.6 is 11.6 Å². The van der Waals surface area contributed by atoms with Gasteiger partial charge in [-0.3, -0.25) is 0 Å². The van der Waals surface area contributed by atoms with Crippen LogP contribution in [0.2, 0.25) is 5.02 Å². The van der Waals surface area contributed by atoms with E-state index in [-0.39, 0.29) is 0 Å². The van der Waals surface area contributed by atoms with Crippen molar-refractivity contribution in [2.45, 2.75) is 0 Å². The lowest BCUT2D eigenvalue weighted by Crippen LogP contribution is -2.05. The van der Waals surface area contributed by atoms with E-state index >= 15 is 0 Å². The SMILES string of the molecule is C=C(C#N)CNc1c(OC)ccc2cc(-c3cnc(N)c(Cl)c3)ccc12. The number of nitriles is 1. The van der Waals surface area contributed by atoms with Gasteiger partial charge in [0.2, 0.25) is 0 Å². The summed E-state index contributed by atoms with van der Waals surface area (Å²) in [6.45, 7) is 4.05. The van der Waals surface area contributed by atoms with E-state index < -0.39 is 0 Å². The van der Waals surface area contributed by atoms with Gasteiger partial charge in [0, 0.05) is 29.3 Å². The Labute approximate surface area is 156 Å². The van der Waals surface area contributed by atoms with Crippen LogP contribution in [0, 0.1) is 11.3 Å². The molecule has 1 heterocycles. The Morgan fingerprint density at radius 3 is 2.81 bits per heavy atom. The number of benzene rings is 2. The highest BCUT2D eigenvalue weighted by Crippen LogP contribution is 2.36. The second kappa shape index (κ2) is 7.34. The summed E-state index contributed by atoms with van der Waals surface area (Å²) in [5.74, 6) is 1.01. The lowest BCUT2D eigenvalue weighted by Gasteiger charge is -2.15. The number of nitrogens with one attached hydrogen (secondary N) is 1. The molecule has 26 heavy (non-hydrogen) atoms. The number of pyridine rings is 1. The summed E-state index contributed by atoms with van der Waals surface area (Å²) in [6.07, 6.45) is 1.70. The van der Waals surface area contributed by atoms with Gasteiger partial charge >= 0.3 is 0 Å². The number of halogens is 1. The fourth-order valence-corrected chi connectivity index (χ4v) is 2.85. The molecule has 0 bridgehead atoms. The molecule has 1 aromatic heterocycles. The van der Waals surface area contributed by atoms with Crippen LogP contribution in [0.25, 0.3) is 21.9 Å². The number of methoxy groups -OCH3 is 1. The zero-order valence-corrected chi connectivity index (χ0v) is 15.0. The van der Waals surface area contributed by atoms with Crippen LogP contribution in [0.3, 0.4) is 0 Å². The van der Waals surface area contributed by atoms with Gasteiger partial charge in [0.25, 0.3) is 0 Å². The molecule has 0 saturated heterocycles. The van der Waals surface area contributed by atoms with E-state index in [9.17, 15) is 0 Å². The molecule has 0 radical (unpaired) electrons. The third-order valence-corrected chi connectivity index (χ3v) is 4.34. The van der Waals surface area contributed by atoms with Crippen LogP contribution in [0.1, 0.15) is 0 Å². The number of nitrogens with zero attached hydrogens (tertiary/aromatic N) is 2. The molecular weight excluding hydrogens is 348 g/mol. The summed E-state index contributed by atoms with van der Waals surface area (Å²) in [5, 5.41) is 14.6. The molecule has 3 N–H and O–H groups in total. The monoisotopic (exact) mass is 364 g/mol. The summed E-state index contributed by atoms with van der Waals surface area (Å²) < 4.78 is 5.45. The van der Waals surface area contributed by atoms with E-state index in [1.807, 2.05) is 36.4 Å². The molecule has 0 saturated carbocycles. The van der Waals surface area contributed by atoms with E-state index in [4.69, 9.17) is 27.3 Å². The second-order valence-corrected chi connectivity index (χ2v) is 6.15. The van der Waals surface area contributed by atoms with Crippen molar-refractivity contribution in [1.82, 2.24) is 4.98 Å². The van der Waals surface area contributed by atoms with Gasteiger partial charge in [0.1, 0.15) is 11.6 Å². The van der Waals surface area contributed by atoms with Gasteiger partial charge in [0.15, 0.2) is 0 Å². The van der Waals surface area contributed by atoms with Gasteiger partial charge in [-0.05, 0) is 29.1 Å². The molecule has 3 aromatic rings. The topological polar surface area (TPSA) is 84.0 Å². The predicted octanol–water partition coefficient (Wildman–Crippen LogP) is 4.64. The fraction of sp³-hybridized carbons (Fsp3) is 0.100. The number of ether oxygens (including phenoxy) is 1. The van der Waals surface area contributed by atoms with Crippen LogP contribution < -0.4 is 15.8 Å². The van der Waals surface area contributed by atoms with E-state index in [0.29, 0.717) is 28.7 Å². The Hall–Kier alpha value is -3.23. The van der Waals surface area contributed by atoms with Crippen molar-refractivity contribution in [2.24, 2.45) is 0 Å². The molecule has 0 aliphatic rings. The van der Waals surface area contributed by atoms with Crippen LogP contribution in [-0.4, -0.2) is 18.6 Å². The molecule has 0 fully saturated rings.